The lowest BCUT2D eigenvalue weighted by atomic mass is 10.2. The zero-order chi connectivity index (χ0) is 18.6. The van der Waals surface area contributed by atoms with Crippen LogP contribution in [0.15, 0.2) is 59.7 Å². The van der Waals surface area contributed by atoms with Crippen molar-refractivity contribution < 1.29 is 9.18 Å². The first-order valence-electron chi connectivity index (χ1n) is 8.20. The maximum atomic E-state index is 12.9. The molecule has 4 rings (SSSR count). The van der Waals surface area contributed by atoms with Crippen molar-refractivity contribution in [3.8, 4) is 21.3 Å². The highest BCUT2D eigenvalue weighted by molar-refractivity contribution is 7.15. The van der Waals surface area contributed by atoms with E-state index in [9.17, 15) is 9.18 Å². The molecule has 0 saturated carbocycles. The van der Waals surface area contributed by atoms with Crippen molar-refractivity contribution >= 4 is 28.6 Å². The molecule has 0 aliphatic rings. The number of hydrogen-bond acceptors (Lipinski definition) is 5. The number of imidazole rings is 1. The van der Waals surface area contributed by atoms with Gasteiger partial charge in [-0.1, -0.05) is 18.2 Å². The minimum Gasteiger partial charge on any atom is -0.350 e. The monoisotopic (exact) mass is 398 g/mol. The van der Waals surface area contributed by atoms with Crippen LogP contribution in [-0.2, 0) is 17.9 Å². The number of carbonyl (C=O) groups is 1. The average Bonchev–Trinajstić information content (AvgIpc) is 3.41. The van der Waals surface area contributed by atoms with Crippen molar-refractivity contribution in [1.82, 2.24) is 19.9 Å². The average molecular weight is 398 g/mol. The molecule has 136 valence electrons. The van der Waals surface area contributed by atoms with Gasteiger partial charge in [-0.25, -0.2) is 14.4 Å². The molecule has 3 aromatic heterocycles. The minimum absolute atomic E-state index is 0.137. The number of thiophene rings is 1. The Morgan fingerprint density at radius 3 is 2.78 bits per heavy atom. The second-order valence-electron chi connectivity index (χ2n) is 5.85. The van der Waals surface area contributed by atoms with Gasteiger partial charge in [-0.15, -0.1) is 22.7 Å². The van der Waals surface area contributed by atoms with Crippen LogP contribution < -0.4 is 5.32 Å². The second kappa shape index (κ2) is 7.81. The molecule has 0 aliphatic carbocycles. The van der Waals surface area contributed by atoms with E-state index in [0.717, 1.165) is 26.8 Å². The minimum atomic E-state index is -0.291. The van der Waals surface area contributed by atoms with Crippen LogP contribution in [0.5, 0.6) is 0 Å². The molecule has 27 heavy (non-hydrogen) atoms. The van der Waals surface area contributed by atoms with Gasteiger partial charge in [0.2, 0.25) is 5.91 Å². The Balaban J connectivity index is 1.36. The summed E-state index contributed by atoms with van der Waals surface area (Å²) in [5, 5.41) is 7.67. The predicted molar refractivity (Wildman–Crippen MR) is 105 cm³/mol. The van der Waals surface area contributed by atoms with Crippen molar-refractivity contribution in [2.75, 3.05) is 0 Å². The van der Waals surface area contributed by atoms with E-state index in [4.69, 9.17) is 0 Å². The first-order chi connectivity index (χ1) is 13.2. The molecule has 0 radical (unpaired) electrons. The van der Waals surface area contributed by atoms with Gasteiger partial charge in [-0.3, -0.25) is 4.79 Å². The number of nitrogens with one attached hydrogen (secondary N) is 1. The number of halogens is 1. The van der Waals surface area contributed by atoms with Crippen LogP contribution in [0.2, 0.25) is 0 Å². The molecule has 5 nitrogen and oxygen atoms in total. The van der Waals surface area contributed by atoms with Crippen molar-refractivity contribution in [2.45, 2.75) is 13.1 Å². The van der Waals surface area contributed by atoms with E-state index in [0.29, 0.717) is 6.54 Å². The Hall–Kier alpha value is -2.84. The number of carbonyl (C=O) groups excluding carboxylic acids is 1. The summed E-state index contributed by atoms with van der Waals surface area (Å²) >= 11 is 3.18. The summed E-state index contributed by atoms with van der Waals surface area (Å²) in [6, 6.07) is 10.1. The summed E-state index contributed by atoms with van der Waals surface area (Å²) in [6.45, 7) is 0.522. The Morgan fingerprint density at radius 1 is 1.15 bits per heavy atom. The summed E-state index contributed by atoms with van der Waals surface area (Å²) in [6.07, 6.45) is 3.44. The fourth-order valence-corrected chi connectivity index (χ4v) is 4.05. The molecule has 1 amide bonds. The lowest BCUT2D eigenvalue weighted by Gasteiger charge is -2.05. The Morgan fingerprint density at radius 2 is 2.00 bits per heavy atom. The standard InChI is InChI=1S/C19H15FN4OS2/c20-14-5-3-13(4-6-14)8-21-18(25)10-24-9-15(22-12-24)19-23-16(11-27-19)17-2-1-7-26-17/h1-7,9,11-12H,8,10H2,(H,21,25). The lowest BCUT2D eigenvalue weighted by molar-refractivity contribution is -0.121. The van der Waals surface area contributed by atoms with Gasteiger partial charge in [0.05, 0.1) is 16.9 Å². The first-order valence-corrected chi connectivity index (χ1v) is 9.96. The van der Waals surface area contributed by atoms with Gasteiger partial charge < -0.3 is 9.88 Å². The molecular formula is C19H15FN4OS2. The maximum absolute atomic E-state index is 12.9. The summed E-state index contributed by atoms with van der Waals surface area (Å²) in [7, 11) is 0. The van der Waals surface area contributed by atoms with E-state index in [-0.39, 0.29) is 18.3 Å². The van der Waals surface area contributed by atoms with Crippen LogP contribution in [0, 0.1) is 5.82 Å². The van der Waals surface area contributed by atoms with E-state index in [1.807, 2.05) is 29.1 Å². The number of aromatic nitrogens is 3. The van der Waals surface area contributed by atoms with Crippen LogP contribution in [0.1, 0.15) is 5.56 Å². The molecule has 0 atom stereocenters. The number of benzene rings is 1. The molecule has 0 bridgehead atoms. The molecular weight excluding hydrogens is 383 g/mol. The summed E-state index contributed by atoms with van der Waals surface area (Å²) in [5.74, 6) is -0.429. The van der Waals surface area contributed by atoms with E-state index in [1.54, 1.807) is 34.4 Å². The molecule has 0 unspecified atom stereocenters. The largest absolute Gasteiger partial charge is 0.350 e. The highest BCUT2D eigenvalue weighted by Gasteiger charge is 2.11. The van der Waals surface area contributed by atoms with Crippen molar-refractivity contribution in [1.29, 1.82) is 0 Å². The highest BCUT2D eigenvalue weighted by Crippen LogP contribution is 2.30. The second-order valence-corrected chi connectivity index (χ2v) is 7.66. The fraction of sp³-hybridized carbons (Fsp3) is 0.105. The number of thiazole rings is 1. The van der Waals surface area contributed by atoms with E-state index in [1.165, 1.54) is 23.5 Å². The van der Waals surface area contributed by atoms with E-state index in [2.05, 4.69) is 15.3 Å². The number of nitrogens with zero attached hydrogens (tertiary/aromatic N) is 3. The summed E-state index contributed by atoms with van der Waals surface area (Å²) in [4.78, 5) is 22.2. The molecule has 0 aliphatic heterocycles. The Kier molecular flexibility index (Phi) is 5.08. The SMILES string of the molecule is O=C(Cn1cnc(-c2nc(-c3cccs3)cs2)c1)NCc1ccc(F)cc1. The molecule has 0 spiro atoms. The molecule has 1 aromatic carbocycles. The molecule has 4 aromatic rings. The first kappa shape index (κ1) is 17.6. The number of hydrogen-bond donors (Lipinski definition) is 1. The molecule has 0 saturated heterocycles. The van der Waals surface area contributed by atoms with Gasteiger partial charge in [0.15, 0.2) is 0 Å². The van der Waals surface area contributed by atoms with Gasteiger partial charge in [0, 0.05) is 18.1 Å². The maximum Gasteiger partial charge on any atom is 0.240 e. The smallest absolute Gasteiger partial charge is 0.240 e. The van der Waals surface area contributed by atoms with E-state index < -0.39 is 0 Å². The number of amides is 1. The fourth-order valence-electron chi connectivity index (χ4n) is 2.51. The van der Waals surface area contributed by atoms with Crippen molar-refractivity contribution in [3.63, 3.8) is 0 Å². The Labute approximate surface area is 163 Å². The van der Waals surface area contributed by atoms with Crippen LogP contribution in [-0.4, -0.2) is 20.4 Å². The Bertz CT molecular complexity index is 1040. The summed E-state index contributed by atoms with van der Waals surface area (Å²) in [5.41, 5.74) is 2.53. The van der Waals surface area contributed by atoms with Crippen molar-refractivity contribution in [2.24, 2.45) is 0 Å². The highest BCUT2D eigenvalue weighted by atomic mass is 32.1. The topological polar surface area (TPSA) is 59.8 Å². The van der Waals surface area contributed by atoms with E-state index >= 15 is 0 Å². The molecule has 8 heteroatoms. The van der Waals surface area contributed by atoms with Gasteiger partial charge in [-0.2, -0.15) is 0 Å². The van der Waals surface area contributed by atoms with Crippen LogP contribution in [0.4, 0.5) is 4.39 Å². The number of rotatable bonds is 6. The molecule has 3 heterocycles. The van der Waals surface area contributed by atoms with Gasteiger partial charge >= 0.3 is 0 Å². The zero-order valence-corrected chi connectivity index (χ0v) is 15.8. The van der Waals surface area contributed by atoms with Crippen LogP contribution >= 0.6 is 22.7 Å². The van der Waals surface area contributed by atoms with Gasteiger partial charge in [0.1, 0.15) is 23.1 Å². The lowest BCUT2D eigenvalue weighted by Crippen LogP contribution is -2.26. The zero-order valence-electron chi connectivity index (χ0n) is 14.1. The van der Waals surface area contributed by atoms with Gasteiger partial charge in [-0.05, 0) is 29.1 Å². The predicted octanol–water partition coefficient (Wildman–Crippen LogP) is 4.19. The van der Waals surface area contributed by atoms with Gasteiger partial charge in [0.25, 0.3) is 0 Å². The summed E-state index contributed by atoms with van der Waals surface area (Å²) < 4.78 is 14.6. The quantitative estimate of drug-likeness (QED) is 0.530. The third-order valence-electron chi connectivity index (χ3n) is 3.86. The normalized spacial score (nSPS) is 10.9. The van der Waals surface area contributed by atoms with Crippen LogP contribution in [0.3, 0.4) is 0 Å². The third-order valence-corrected chi connectivity index (χ3v) is 5.62. The van der Waals surface area contributed by atoms with Crippen molar-refractivity contribution in [3.05, 3.63) is 71.1 Å². The third kappa shape index (κ3) is 4.29. The molecule has 0 fully saturated rings. The van der Waals surface area contributed by atoms with Crippen LogP contribution in [0.25, 0.3) is 21.3 Å². The molecule has 1 N–H and O–H groups in total.